The fraction of sp³-hybridized carbons (Fsp3) is 0.333. The zero-order chi connectivity index (χ0) is 21.8. The molecule has 6 nitrogen and oxygen atoms in total. The molecule has 2 N–H and O–H groups in total. The second-order valence-electron chi connectivity index (χ2n) is 7.96. The molecule has 0 bridgehead atoms. The molecule has 0 aromatic heterocycles. The van der Waals surface area contributed by atoms with E-state index in [-0.39, 0.29) is 17.6 Å². The Hall–Kier alpha value is -2.83. The summed E-state index contributed by atoms with van der Waals surface area (Å²) < 4.78 is 5.76. The molecular weight excluding hydrogens is 414 g/mol. The van der Waals surface area contributed by atoms with Crippen molar-refractivity contribution in [1.29, 1.82) is 0 Å². The summed E-state index contributed by atoms with van der Waals surface area (Å²) in [7, 11) is 0. The number of halogens is 1. The van der Waals surface area contributed by atoms with Gasteiger partial charge in [0.15, 0.2) is 11.5 Å². The van der Waals surface area contributed by atoms with Gasteiger partial charge in [0.2, 0.25) is 0 Å². The Morgan fingerprint density at radius 2 is 1.97 bits per heavy atom. The minimum absolute atomic E-state index is 0.159. The zero-order valence-corrected chi connectivity index (χ0v) is 18.2. The highest BCUT2D eigenvalue weighted by molar-refractivity contribution is 6.30. The van der Waals surface area contributed by atoms with Crippen LogP contribution in [-0.2, 0) is 4.79 Å². The number of carbonyl (C=O) groups excluding carboxylic acids is 2. The molecule has 1 atom stereocenters. The molecular formula is C24H26ClN3O3. The summed E-state index contributed by atoms with van der Waals surface area (Å²) in [5.74, 6) is 0.162. The van der Waals surface area contributed by atoms with E-state index >= 15 is 0 Å². The molecule has 7 heteroatoms. The molecule has 1 saturated heterocycles. The first-order chi connectivity index (χ1) is 15.0. The number of nitrogens with zero attached hydrogens (tertiary/aromatic N) is 1. The normalized spacial score (nSPS) is 18.3. The van der Waals surface area contributed by atoms with E-state index < -0.39 is 0 Å². The van der Waals surface area contributed by atoms with Gasteiger partial charge in [0, 0.05) is 23.2 Å². The molecule has 1 fully saturated rings. The average molecular weight is 440 g/mol. The maximum atomic E-state index is 12.5. The maximum Gasteiger partial charge on any atom is 0.291 e. The first-order valence-corrected chi connectivity index (χ1v) is 11.0. The molecule has 0 aliphatic carbocycles. The van der Waals surface area contributed by atoms with Crippen LogP contribution in [0.3, 0.4) is 0 Å². The maximum absolute atomic E-state index is 12.5. The van der Waals surface area contributed by atoms with Crippen molar-refractivity contribution < 1.29 is 14.3 Å². The molecule has 2 amide bonds. The fourth-order valence-electron chi connectivity index (χ4n) is 3.87. The molecule has 2 heterocycles. The van der Waals surface area contributed by atoms with E-state index in [9.17, 15) is 9.59 Å². The Balaban J connectivity index is 1.37. The van der Waals surface area contributed by atoms with E-state index in [4.69, 9.17) is 16.3 Å². The predicted molar refractivity (Wildman–Crippen MR) is 122 cm³/mol. The lowest BCUT2D eigenvalue weighted by Crippen LogP contribution is -2.34. The van der Waals surface area contributed by atoms with Crippen molar-refractivity contribution in [1.82, 2.24) is 10.2 Å². The summed E-state index contributed by atoms with van der Waals surface area (Å²) in [6.07, 6.45) is 5.08. The molecule has 2 aromatic carbocycles. The lowest BCUT2D eigenvalue weighted by Gasteiger charge is -2.23. The molecule has 2 aliphatic heterocycles. The fourth-order valence-corrected chi connectivity index (χ4v) is 4.00. The number of hydrogen-bond acceptors (Lipinski definition) is 4. The van der Waals surface area contributed by atoms with E-state index in [1.807, 2.05) is 0 Å². The number of carbonyl (C=O) groups is 2. The van der Waals surface area contributed by atoms with Gasteiger partial charge in [-0.1, -0.05) is 23.7 Å². The van der Waals surface area contributed by atoms with Crippen molar-refractivity contribution in [2.24, 2.45) is 0 Å². The summed E-state index contributed by atoms with van der Waals surface area (Å²) >= 11 is 5.90. The summed E-state index contributed by atoms with van der Waals surface area (Å²) in [4.78, 5) is 27.5. The first-order valence-electron chi connectivity index (χ1n) is 10.6. The summed E-state index contributed by atoms with van der Waals surface area (Å²) in [5, 5.41) is 6.40. The van der Waals surface area contributed by atoms with Gasteiger partial charge in [-0.25, -0.2) is 0 Å². The zero-order valence-electron chi connectivity index (χ0n) is 17.5. The number of hydrogen-bond donors (Lipinski definition) is 2. The van der Waals surface area contributed by atoms with Crippen LogP contribution in [0.2, 0.25) is 5.02 Å². The molecule has 0 saturated carbocycles. The molecule has 162 valence electrons. The molecule has 2 aliphatic rings. The number of fused-ring (bicyclic) bond motifs is 1. The third-order valence-electron chi connectivity index (χ3n) is 5.71. The van der Waals surface area contributed by atoms with Crippen molar-refractivity contribution in [2.75, 3.05) is 25.0 Å². The minimum atomic E-state index is -0.362. The molecule has 0 spiro atoms. The molecule has 31 heavy (non-hydrogen) atoms. The van der Waals surface area contributed by atoms with Gasteiger partial charge in [-0.05, 0) is 81.2 Å². The van der Waals surface area contributed by atoms with Crippen molar-refractivity contribution in [3.63, 3.8) is 0 Å². The second-order valence-corrected chi connectivity index (χ2v) is 8.40. The van der Waals surface area contributed by atoms with Gasteiger partial charge in [-0.2, -0.15) is 0 Å². The van der Waals surface area contributed by atoms with Crippen molar-refractivity contribution in [3.8, 4) is 5.75 Å². The summed E-state index contributed by atoms with van der Waals surface area (Å²) in [5.41, 5.74) is 1.77. The Kier molecular flexibility index (Phi) is 6.59. The van der Waals surface area contributed by atoms with Crippen LogP contribution in [0, 0.1) is 0 Å². The Morgan fingerprint density at radius 3 is 2.71 bits per heavy atom. The van der Waals surface area contributed by atoms with Gasteiger partial charge in [0.05, 0.1) is 5.69 Å². The number of benzene rings is 2. The molecule has 4 rings (SSSR count). The third-order valence-corrected chi connectivity index (χ3v) is 5.97. The molecule has 0 radical (unpaired) electrons. The number of anilines is 1. The summed E-state index contributed by atoms with van der Waals surface area (Å²) in [6, 6.07) is 12.6. The largest absolute Gasteiger partial charge is 0.449 e. The number of ether oxygens (including phenoxy) is 1. The average Bonchev–Trinajstić information content (AvgIpc) is 3.30. The standard InChI is InChI=1S/C24H26ClN3O3/c1-16(28-12-2-3-13-28)10-11-26-23(29)18-6-9-21-20(15-18)27-24(30)22(31-21)14-17-4-7-19(25)8-5-17/h4-9,14-16H,2-3,10-13H2,1H3,(H,26,29)(H,27,30)/b22-14+. The lowest BCUT2D eigenvalue weighted by atomic mass is 10.1. The van der Waals surface area contributed by atoms with E-state index in [2.05, 4.69) is 22.5 Å². The van der Waals surface area contributed by atoms with Crippen molar-refractivity contribution >= 4 is 35.2 Å². The van der Waals surface area contributed by atoms with E-state index in [0.717, 1.165) is 25.1 Å². The minimum Gasteiger partial charge on any atom is -0.449 e. The number of rotatable bonds is 6. The topological polar surface area (TPSA) is 70.7 Å². The quantitative estimate of drug-likeness (QED) is 0.658. The number of amides is 2. The van der Waals surface area contributed by atoms with Gasteiger partial charge >= 0.3 is 0 Å². The monoisotopic (exact) mass is 439 g/mol. The molecule has 2 aromatic rings. The Labute approximate surface area is 187 Å². The van der Waals surface area contributed by atoms with Crippen LogP contribution >= 0.6 is 11.6 Å². The van der Waals surface area contributed by atoms with Crippen LogP contribution in [0.25, 0.3) is 6.08 Å². The Morgan fingerprint density at radius 1 is 1.23 bits per heavy atom. The van der Waals surface area contributed by atoms with E-state index in [0.29, 0.717) is 34.6 Å². The third kappa shape index (κ3) is 5.27. The number of likely N-dealkylation sites (tertiary alicyclic amines) is 1. The second kappa shape index (κ2) is 9.54. The van der Waals surface area contributed by atoms with Crippen LogP contribution in [-0.4, -0.2) is 42.4 Å². The SMILES string of the molecule is CC(CCNC(=O)c1ccc2c(c1)NC(=O)/C(=C\c1ccc(Cl)cc1)O2)N1CCCC1. The molecule has 1 unspecified atom stereocenters. The predicted octanol–water partition coefficient (Wildman–Crippen LogP) is 4.32. The van der Waals surface area contributed by atoms with Crippen molar-refractivity contribution in [2.45, 2.75) is 32.2 Å². The van der Waals surface area contributed by atoms with Gasteiger partial charge in [-0.3, -0.25) is 9.59 Å². The van der Waals surface area contributed by atoms with Crippen LogP contribution in [0.15, 0.2) is 48.2 Å². The number of nitrogens with one attached hydrogen (secondary N) is 2. The van der Waals surface area contributed by atoms with E-state index in [1.54, 1.807) is 48.5 Å². The van der Waals surface area contributed by atoms with Crippen LogP contribution < -0.4 is 15.4 Å². The van der Waals surface area contributed by atoms with Crippen LogP contribution in [0.5, 0.6) is 5.75 Å². The highest BCUT2D eigenvalue weighted by atomic mass is 35.5. The van der Waals surface area contributed by atoms with Crippen LogP contribution in [0.4, 0.5) is 5.69 Å². The van der Waals surface area contributed by atoms with Crippen LogP contribution in [0.1, 0.15) is 42.1 Å². The highest BCUT2D eigenvalue weighted by Gasteiger charge is 2.23. The van der Waals surface area contributed by atoms with Gasteiger partial charge in [0.25, 0.3) is 11.8 Å². The smallest absolute Gasteiger partial charge is 0.291 e. The first kappa shape index (κ1) is 21.4. The summed E-state index contributed by atoms with van der Waals surface area (Å²) in [6.45, 7) is 5.12. The lowest BCUT2D eigenvalue weighted by molar-refractivity contribution is -0.115. The Bertz CT molecular complexity index is 998. The van der Waals surface area contributed by atoms with Gasteiger partial charge < -0.3 is 20.3 Å². The van der Waals surface area contributed by atoms with Crippen molar-refractivity contribution in [3.05, 3.63) is 64.4 Å². The highest BCUT2D eigenvalue weighted by Crippen LogP contribution is 2.32. The van der Waals surface area contributed by atoms with Gasteiger partial charge in [-0.15, -0.1) is 0 Å². The van der Waals surface area contributed by atoms with Gasteiger partial charge in [0.1, 0.15) is 0 Å². The van der Waals surface area contributed by atoms with E-state index in [1.165, 1.54) is 12.8 Å².